The number of rotatable bonds is 5. The van der Waals surface area contributed by atoms with E-state index in [1.165, 1.54) is 0 Å². The molecule has 3 amide bonds. The molecular formula is C23H23N3O3. The van der Waals surface area contributed by atoms with Crippen molar-refractivity contribution in [2.75, 3.05) is 4.90 Å². The number of benzene rings is 2. The normalized spacial score (nSPS) is 17.2. The molecule has 6 nitrogen and oxygen atoms in total. The Bertz CT molecular complexity index is 991. The fourth-order valence-corrected chi connectivity index (χ4v) is 3.59. The van der Waals surface area contributed by atoms with E-state index in [2.05, 4.69) is 0 Å². The molecule has 1 aliphatic heterocycles. The maximum Gasteiger partial charge on any atom is 0.257 e. The molecule has 3 rings (SSSR count). The molecule has 1 heterocycles. The van der Waals surface area contributed by atoms with Gasteiger partial charge in [-0.25, -0.2) is 4.90 Å². The van der Waals surface area contributed by atoms with Crippen molar-refractivity contribution >= 4 is 23.4 Å². The quantitative estimate of drug-likeness (QED) is 0.734. The Kier molecular flexibility index (Phi) is 5.79. The Hall–Kier alpha value is -3.46. The topological polar surface area (TPSA) is 81.5 Å². The van der Waals surface area contributed by atoms with E-state index in [0.717, 1.165) is 10.5 Å². The van der Waals surface area contributed by atoms with Gasteiger partial charge in [0.1, 0.15) is 6.04 Å². The summed E-state index contributed by atoms with van der Waals surface area (Å²) in [6, 6.07) is 14.5. The third kappa shape index (κ3) is 3.77. The van der Waals surface area contributed by atoms with Crippen LogP contribution in [0.2, 0.25) is 0 Å². The largest absolute Gasteiger partial charge is 0.323 e. The summed E-state index contributed by atoms with van der Waals surface area (Å²) < 4.78 is 0. The lowest BCUT2D eigenvalue weighted by molar-refractivity contribution is -0.122. The number of hydrogen-bond donors (Lipinski definition) is 0. The summed E-state index contributed by atoms with van der Waals surface area (Å²) >= 11 is 0. The van der Waals surface area contributed by atoms with Crippen LogP contribution in [-0.4, -0.2) is 34.7 Å². The number of hydrogen-bond acceptors (Lipinski definition) is 4. The van der Waals surface area contributed by atoms with Gasteiger partial charge >= 0.3 is 0 Å². The van der Waals surface area contributed by atoms with Crippen molar-refractivity contribution in [1.29, 1.82) is 5.26 Å². The maximum absolute atomic E-state index is 13.3. The van der Waals surface area contributed by atoms with Crippen LogP contribution >= 0.6 is 0 Å². The Morgan fingerprint density at radius 3 is 2.45 bits per heavy atom. The second-order valence-electron chi connectivity index (χ2n) is 7.23. The van der Waals surface area contributed by atoms with E-state index < -0.39 is 11.9 Å². The summed E-state index contributed by atoms with van der Waals surface area (Å²) in [6.07, 6.45) is 0.604. The second kappa shape index (κ2) is 8.27. The number of nitriles is 1. The Balaban J connectivity index is 1.96. The van der Waals surface area contributed by atoms with Gasteiger partial charge < -0.3 is 4.90 Å². The highest BCUT2D eigenvalue weighted by Crippen LogP contribution is 2.29. The molecule has 0 spiro atoms. The van der Waals surface area contributed by atoms with Crippen LogP contribution in [0, 0.1) is 18.3 Å². The van der Waals surface area contributed by atoms with E-state index in [9.17, 15) is 14.4 Å². The van der Waals surface area contributed by atoms with Gasteiger partial charge in [0, 0.05) is 11.6 Å². The van der Waals surface area contributed by atoms with Crippen LogP contribution in [-0.2, 0) is 9.59 Å². The monoisotopic (exact) mass is 389 g/mol. The molecule has 1 saturated heterocycles. The highest BCUT2D eigenvalue weighted by Gasteiger charge is 2.45. The van der Waals surface area contributed by atoms with Gasteiger partial charge in [0.05, 0.1) is 23.7 Å². The lowest BCUT2D eigenvalue weighted by atomic mass is 10.0. The highest BCUT2D eigenvalue weighted by molar-refractivity contribution is 6.23. The second-order valence-corrected chi connectivity index (χ2v) is 7.23. The number of nitrogens with zero attached hydrogens (tertiary/aromatic N) is 3. The first-order chi connectivity index (χ1) is 13.9. The van der Waals surface area contributed by atoms with E-state index in [0.29, 0.717) is 23.2 Å². The molecule has 0 saturated carbocycles. The summed E-state index contributed by atoms with van der Waals surface area (Å²) in [5, 5.41) is 8.95. The van der Waals surface area contributed by atoms with Gasteiger partial charge in [0.25, 0.3) is 11.8 Å². The molecule has 148 valence electrons. The zero-order valence-corrected chi connectivity index (χ0v) is 16.8. The van der Waals surface area contributed by atoms with Crippen LogP contribution in [0.5, 0.6) is 0 Å². The minimum Gasteiger partial charge on any atom is -0.323 e. The van der Waals surface area contributed by atoms with E-state index in [1.54, 1.807) is 41.3 Å². The van der Waals surface area contributed by atoms with Gasteiger partial charge in [0.2, 0.25) is 5.91 Å². The third-order valence-corrected chi connectivity index (χ3v) is 5.39. The maximum atomic E-state index is 13.3. The molecule has 2 aromatic rings. The first kappa shape index (κ1) is 20.3. The molecule has 2 aromatic carbocycles. The van der Waals surface area contributed by atoms with Crippen molar-refractivity contribution < 1.29 is 14.4 Å². The summed E-state index contributed by atoms with van der Waals surface area (Å²) in [5.74, 6) is -1.01. The van der Waals surface area contributed by atoms with Crippen LogP contribution in [0.3, 0.4) is 0 Å². The molecule has 6 heteroatoms. The average Bonchev–Trinajstić information content (AvgIpc) is 3.02. The third-order valence-electron chi connectivity index (χ3n) is 5.39. The lowest BCUT2D eigenvalue weighted by Gasteiger charge is -2.33. The number of carbonyl (C=O) groups is 3. The highest BCUT2D eigenvalue weighted by atomic mass is 16.2. The number of aryl methyl sites for hydroxylation is 1. The molecule has 29 heavy (non-hydrogen) atoms. The van der Waals surface area contributed by atoms with Gasteiger partial charge in [-0.15, -0.1) is 0 Å². The molecule has 0 bridgehead atoms. The van der Waals surface area contributed by atoms with Gasteiger partial charge in [-0.3, -0.25) is 14.4 Å². The molecule has 0 aliphatic carbocycles. The number of anilines is 1. The Morgan fingerprint density at radius 1 is 1.21 bits per heavy atom. The van der Waals surface area contributed by atoms with E-state index in [4.69, 9.17) is 5.26 Å². The minimum absolute atomic E-state index is 0.0548. The standard InChI is InChI=1S/C23H23N3O3/c1-4-16(3)25(22(28)19-8-6-5-7-15(19)2)20-13-21(27)26(23(20)29)18-11-9-17(14-24)10-12-18/h5-12,16,20H,4,13H2,1-3H3. The van der Waals surface area contributed by atoms with E-state index >= 15 is 0 Å². The fourth-order valence-electron chi connectivity index (χ4n) is 3.59. The van der Waals surface area contributed by atoms with Crippen molar-refractivity contribution in [1.82, 2.24) is 4.90 Å². The minimum atomic E-state index is -0.847. The molecule has 1 aliphatic rings. The molecule has 2 atom stereocenters. The summed E-state index contributed by atoms with van der Waals surface area (Å²) in [6.45, 7) is 5.69. The SMILES string of the molecule is CCC(C)N(C(=O)c1ccccc1C)C1CC(=O)N(c2ccc(C#N)cc2)C1=O. The van der Waals surface area contributed by atoms with Crippen LogP contribution < -0.4 is 4.90 Å². The van der Waals surface area contributed by atoms with Crippen molar-refractivity contribution in [3.8, 4) is 6.07 Å². The Labute approximate surface area is 170 Å². The zero-order valence-electron chi connectivity index (χ0n) is 16.8. The molecule has 2 unspecified atom stereocenters. The van der Waals surface area contributed by atoms with Crippen molar-refractivity contribution in [2.24, 2.45) is 0 Å². The van der Waals surface area contributed by atoms with Gasteiger partial charge in [-0.05, 0) is 56.2 Å². The molecule has 0 aromatic heterocycles. The molecule has 0 radical (unpaired) electrons. The predicted octanol–water partition coefficient (Wildman–Crippen LogP) is 3.44. The lowest BCUT2D eigenvalue weighted by Crippen LogP contribution is -2.49. The first-order valence-electron chi connectivity index (χ1n) is 9.64. The van der Waals surface area contributed by atoms with Crippen LogP contribution in [0.25, 0.3) is 0 Å². The predicted molar refractivity (Wildman–Crippen MR) is 109 cm³/mol. The molecule has 1 fully saturated rings. The smallest absolute Gasteiger partial charge is 0.257 e. The summed E-state index contributed by atoms with van der Waals surface area (Å²) in [7, 11) is 0. The van der Waals surface area contributed by atoms with Gasteiger partial charge in [-0.1, -0.05) is 25.1 Å². The number of imide groups is 1. The van der Waals surface area contributed by atoms with E-state index in [1.807, 2.05) is 39.0 Å². The summed E-state index contributed by atoms with van der Waals surface area (Å²) in [4.78, 5) is 41.9. The Morgan fingerprint density at radius 2 is 1.86 bits per heavy atom. The molecule has 0 N–H and O–H groups in total. The van der Waals surface area contributed by atoms with Crippen LogP contribution in [0.4, 0.5) is 5.69 Å². The summed E-state index contributed by atoms with van der Waals surface area (Å²) in [5.41, 5.74) is 2.21. The number of carbonyl (C=O) groups excluding carboxylic acids is 3. The van der Waals surface area contributed by atoms with Crippen LogP contribution in [0.1, 0.15) is 48.2 Å². The first-order valence-corrected chi connectivity index (χ1v) is 9.64. The van der Waals surface area contributed by atoms with Gasteiger partial charge in [-0.2, -0.15) is 5.26 Å². The van der Waals surface area contributed by atoms with Gasteiger partial charge in [0.15, 0.2) is 0 Å². The van der Waals surface area contributed by atoms with E-state index in [-0.39, 0.29) is 24.3 Å². The van der Waals surface area contributed by atoms with Crippen molar-refractivity contribution in [3.63, 3.8) is 0 Å². The van der Waals surface area contributed by atoms with Crippen LogP contribution in [0.15, 0.2) is 48.5 Å². The number of amides is 3. The zero-order chi connectivity index (χ0) is 21.1. The molecular weight excluding hydrogens is 366 g/mol. The fraction of sp³-hybridized carbons (Fsp3) is 0.304. The average molecular weight is 389 g/mol. The van der Waals surface area contributed by atoms with Crippen molar-refractivity contribution in [2.45, 2.75) is 45.7 Å². The van der Waals surface area contributed by atoms with Crippen molar-refractivity contribution in [3.05, 3.63) is 65.2 Å².